The van der Waals surface area contributed by atoms with Crippen molar-refractivity contribution in [2.24, 2.45) is 0 Å². The number of carbonyl (C=O) groups is 1. The van der Waals surface area contributed by atoms with Crippen molar-refractivity contribution in [3.63, 3.8) is 0 Å². The third kappa shape index (κ3) is 2.43. The average Bonchev–Trinajstić information content (AvgIpc) is 2.76. The van der Waals surface area contributed by atoms with Gasteiger partial charge in [-0.2, -0.15) is 0 Å². The van der Waals surface area contributed by atoms with Crippen LogP contribution in [0, 0.1) is 0 Å². The summed E-state index contributed by atoms with van der Waals surface area (Å²) in [6, 6.07) is 2.98. The molecule has 90 valence electrons. The number of furan rings is 1. The van der Waals surface area contributed by atoms with Gasteiger partial charge in [-0.1, -0.05) is 0 Å². The second-order valence-corrected chi connectivity index (χ2v) is 3.90. The van der Waals surface area contributed by atoms with E-state index in [9.17, 15) is 9.90 Å². The fraction of sp³-hybridized carbons (Fsp3) is 0.545. The standard InChI is InChI=1S/C11H16O5/c1-11(2,15-4)9(12)7-5-6-8(16-7)10(13)14-3/h5-6,9,12H,1-4H3. The summed E-state index contributed by atoms with van der Waals surface area (Å²) in [5, 5.41) is 9.95. The Kier molecular flexibility index (Phi) is 3.72. The van der Waals surface area contributed by atoms with Crippen molar-refractivity contribution in [1.29, 1.82) is 0 Å². The Labute approximate surface area is 94.0 Å². The summed E-state index contributed by atoms with van der Waals surface area (Å²) in [7, 11) is 2.76. The van der Waals surface area contributed by atoms with E-state index in [2.05, 4.69) is 4.74 Å². The van der Waals surface area contributed by atoms with E-state index >= 15 is 0 Å². The largest absolute Gasteiger partial charge is 0.463 e. The molecule has 0 saturated heterocycles. The molecule has 0 aliphatic carbocycles. The lowest BCUT2D eigenvalue weighted by atomic mass is 10.00. The second kappa shape index (κ2) is 4.67. The maximum Gasteiger partial charge on any atom is 0.373 e. The Bertz CT molecular complexity index is 366. The van der Waals surface area contributed by atoms with Gasteiger partial charge >= 0.3 is 5.97 Å². The highest BCUT2D eigenvalue weighted by Gasteiger charge is 2.31. The molecule has 1 atom stereocenters. The predicted octanol–water partition coefficient (Wildman–Crippen LogP) is 1.52. The fourth-order valence-corrected chi connectivity index (χ4v) is 1.16. The number of aliphatic hydroxyl groups is 1. The van der Waals surface area contributed by atoms with Gasteiger partial charge in [0, 0.05) is 7.11 Å². The molecule has 0 aromatic carbocycles. The zero-order chi connectivity index (χ0) is 12.3. The van der Waals surface area contributed by atoms with Crippen LogP contribution in [-0.2, 0) is 9.47 Å². The van der Waals surface area contributed by atoms with Crippen molar-refractivity contribution >= 4 is 5.97 Å². The number of carbonyl (C=O) groups excluding carboxylic acids is 1. The minimum Gasteiger partial charge on any atom is -0.463 e. The molecule has 1 aromatic rings. The van der Waals surface area contributed by atoms with E-state index in [-0.39, 0.29) is 11.5 Å². The third-order valence-corrected chi connectivity index (χ3v) is 2.47. The van der Waals surface area contributed by atoms with Crippen LogP contribution in [-0.4, -0.2) is 30.9 Å². The first-order valence-corrected chi connectivity index (χ1v) is 4.83. The third-order valence-electron chi connectivity index (χ3n) is 2.47. The molecule has 0 radical (unpaired) electrons. The normalized spacial score (nSPS) is 13.6. The minimum absolute atomic E-state index is 0.0588. The van der Waals surface area contributed by atoms with Crippen LogP contribution in [0.1, 0.15) is 36.3 Å². The first-order chi connectivity index (χ1) is 7.42. The van der Waals surface area contributed by atoms with Crippen LogP contribution in [0.3, 0.4) is 0 Å². The Morgan fingerprint density at radius 1 is 1.44 bits per heavy atom. The highest BCUT2D eigenvalue weighted by molar-refractivity contribution is 5.86. The number of hydrogen-bond acceptors (Lipinski definition) is 5. The molecule has 16 heavy (non-hydrogen) atoms. The van der Waals surface area contributed by atoms with E-state index in [1.165, 1.54) is 26.4 Å². The molecule has 0 saturated carbocycles. The van der Waals surface area contributed by atoms with Gasteiger partial charge in [-0.15, -0.1) is 0 Å². The maximum atomic E-state index is 11.1. The van der Waals surface area contributed by atoms with Crippen LogP contribution in [0.5, 0.6) is 0 Å². The zero-order valence-electron chi connectivity index (χ0n) is 9.81. The van der Waals surface area contributed by atoms with Gasteiger partial charge in [0.25, 0.3) is 0 Å². The molecule has 5 heteroatoms. The highest BCUT2D eigenvalue weighted by atomic mass is 16.5. The number of methoxy groups -OCH3 is 2. The summed E-state index contributed by atoms with van der Waals surface area (Å²) in [6.07, 6.45) is -0.948. The molecule has 1 unspecified atom stereocenters. The number of ether oxygens (including phenoxy) is 2. The van der Waals surface area contributed by atoms with Crippen LogP contribution in [0.25, 0.3) is 0 Å². The van der Waals surface area contributed by atoms with E-state index < -0.39 is 17.7 Å². The van der Waals surface area contributed by atoms with Crippen molar-refractivity contribution in [1.82, 2.24) is 0 Å². The molecule has 0 fully saturated rings. The molecule has 1 heterocycles. The van der Waals surface area contributed by atoms with Gasteiger partial charge in [0.05, 0.1) is 12.7 Å². The number of esters is 1. The van der Waals surface area contributed by atoms with E-state index in [1.807, 2.05) is 0 Å². The lowest BCUT2D eigenvalue weighted by Crippen LogP contribution is -2.31. The van der Waals surface area contributed by atoms with Gasteiger partial charge in [-0.05, 0) is 26.0 Å². The monoisotopic (exact) mass is 228 g/mol. The van der Waals surface area contributed by atoms with Crippen LogP contribution >= 0.6 is 0 Å². The van der Waals surface area contributed by atoms with E-state index in [0.717, 1.165) is 0 Å². The summed E-state index contributed by atoms with van der Waals surface area (Å²) >= 11 is 0. The molecule has 5 nitrogen and oxygen atoms in total. The molecule has 1 rings (SSSR count). The predicted molar refractivity (Wildman–Crippen MR) is 56.1 cm³/mol. The number of rotatable bonds is 4. The van der Waals surface area contributed by atoms with Gasteiger partial charge in [0.1, 0.15) is 11.9 Å². The topological polar surface area (TPSA) is 68.9 Å². The van der Waals surface area contributed by atoms with Crippen LogP contribution < -0.4 is 0 Å². The maximum absolute atomic E-state index is 11.1. The van der Waals surface area contributed by atoms with Crippen molar-refractivity contribution < 1.29 is 23.8 Å². The first-order valence-electron chi connectivity index (χ1n) is 4.83. The first kappa shape index (κ1) is 12.7. The summed E-state index contributed by atoms with van der Waals surface area (Å²) in [5.74, 6) is -0.246. The lowest BCUT2D eigenvalue weighted by molar-refractivity contribution is -0.0874. The van der Waals surface area contributed by atoms with E-state index in [1.54, 1.807) is 13.8 Å². The molecular weight excluding hydrogens is 212 g/mol. The molecule has 0 bridgehead atoms. The zero-order valence-corrected chi connectivity index (χ0v) is 9.81. The molecule has 0 spiro atoms. The van der Waals surface area contributed by atoms with E-state index in [0.29, 0.717) is 0 Å². The van der Waals surface area contributed by atoms with Crippen molar-refractivity contribution in [2.75, 3.05) is 14.2 Å². The van der Waals surface area contributed by atoms with Crippen molar-refractivity contribution in [2.45, 2.75) is 25.6 Å². The summed E-state index contributed by atoms with van der Waals surface area (Å²) in [5.41, 5.74) is -0.786. The molecule has 0 aliphatic rings. The van der Waals surface area contributed by atoms with Gasteiger partial charge < -0.3 is 19.0 Å². The number of aliphatic hydroxyl groups excluding tert-OH is 1. The lowest BCUT2D eigenvalue weighted by Gasteiger charge is -2.27. The molecule has 0 aliphatic heterocycles. The van der Waals surface area contributed by atoms with Crippen molar-refractivity contribution in [3.8, 4) is 0 Å². The summed E-state index contributed by atoms with van der Waals surface area (Å²) in [6.45, 7) is 3.44. The molecule has 0 amide bonds. The summed E-state index contributed by atoms with van der Waals surface area (Å²) in [4.78, 5) is 11.1. The Hall–Kier alpha value is -1.33. The van der Waals surface area contributed by atoms with E-state index in [4.69, 9.17) is 9.15 Å². The molecule has 1 N–H and O–H groups in total. The fourth-order valence-electron chi connectivity index (χ4n) is 1.16. The van der Waals surface area contributed by atoms with Crippen molar-refractivity contribution in [3.05, 3.63) is 23.7 Å². The van der Waals surface area contributed by atoms with Gasteiger partial charge in [-0.3, -0.25) is 0 Å². The SMILES string of the molecule is COC(=O)c1ccc(C(O)C(C)(C)OC)o1. The Balaban J connectivity index is 2.90. The average molecular weight is 228 g/mol. The van der Waals surface area contributed by atoms with Gasteiger partial charge in [0.15, 0.2) is 0 Å². The highest BCUT2D eigenvalue weighted by Crippen LogP contribution is 2.29. The quantitative estimate of drug-likeness (QED) is 0.791. The molecular formula is C11H16O5. The van der Waals surface area contributed by atoms with Crippen LogP contribution in [0.2, 0.25) is 0 Å². The minimum atomic E-state index is -0.948. The van der Waals surface area contributed by atoms with Crippen LogP contribution in [0.4, 0.5) is 0 Å². The Morgan fingerprint density at radius 2 is 2.06 bits per heavy atom. The molecule has 1 aromatic heterocycles. The van der Waals surface area contributed by atoms with Gasteiger partial charge in [0.2, 0.25) is 5.76 Å². The van der Waals surface area contributed by atoms with Gasteiger partial charge in [-0.25, -0.2) is 4.79 Å². The van der Waals surface area contributed by atoms with Crippen LogP contribution in [0.15, 0.2) is 16.5 Å². The number of hydrogen-bond donors (Lipinski definition) is 1. The second-order valence-electron chi connectivity index (χ2n) is 3.90. The smallest absolute Gasteiger partial charge is 0.373 e. The Morgan fingerprint density at radius 3 is 2.56 bits per heavy atom. The summed E-state index contributed by atoms with van der Waals surface area (Å²) < 4.78 is 14.8.